The number of hydrogen-bond acceptors (Lipinski definition) is 0. The van der Waals surface area contributed by atoms with E-state index >= 15 is 0 Å². The van der Waals surface area contributed by atoms with E-state index in [0.29, 0.717) is 0 Å². The minimum Gasteiger partial charge on any atom is -0.114 e. The van der Waals surface area contributed by atoms with Gasteiger partial charge in [-0.15, -0.1) is 9.36 Å². The number of benzene rings is 4. The number of aryl methyl sites for hydroxylation is 1. The van der Waals surface area contributed by atoms with E-state index in [1.807, 2.05) is 0 Å². The number of nitrogens with zero attached hydrogens (tertiary/aromatic N) is 2. The van der Waals surface area contributed by atoms with Gasteiger partial charge in [-0.1, -0.05) is 84.9 Å². The molecule has 1 aliphatic rings. The van der Waals surface area contributed by atoms with Gasteiger partial charge in [0.05, 0.1) is 11.1 Å². The molecule has 0 saturated carbocycles. The summed E-state index contributed by atoms with van der Waals surface area (Å²) in [6.07, 6.45) is 0. The van der Waals surface area contributed by atoms with Crippen LogP contribution in [0.4, 0.5) is 0 Å². The number of hydrogen-bond donors (Lipinski definition) is 0. The highest BCUT2D eigenvalue weighted by Gasteiger charge is 2.34. The van der Waals surface area contributed by atoms with Gasteiger partial charge in [0, 0.05) is 0 Å². The number of aromatic nitrogens is 2. The van der Waals surface area contributed by atoms with Crippen LogP contribution in [0.5, 0.6) is 0 Å². The number of rotatable bonds is 1. The van der Waals surface area contributed by atoms with Crippen molar-refractivity contribution >= 4 is 22.6 Å². The van der Waals surface area contributed by atoms with Crippen LogP contribution in [-0.2, 0) is 7.05 Å². The number of para-hydroxylation sites is 1. The Morgan fingerprint density at radius 2 is 1.03 bits per heavy atom. The quantitative estimate of drug-likeness (QED) is 0.159. The fourth-order valence-electron chi connectivity index (χ4n) is 5.03. The first-order valence-corrected chi connectivity index (χ1v) is 11.9. The Labute approximate surface area is 201 Å². The zero-order chi connectivity index (χ0) is 21.8. The van der Waals surface area contributed by atoms with Gasteiger partial charge in [0.2, 0.25) is 5.69 Å². The molecule has 5 aromatic rings. The number of fused-ring (bicyclic) bond motifs is 8. The van der Waals surface area contributed by atoms with Crippen LogP contribution < -0.4 is 4.68 Å². The summed E-state index contributed by atoms with van der Waals surface area (Å²) in [5, 5.41) is 0. The average molecular weight is 525 g/mol. The molecule has 32 heavy (non-hydrogen) atoms. The maximum Gasteiger partial charge on any atom is 0.248 e. The fourth-order valence-corrected chi connectivity index (χ4v) is 6.16. The third kappa shape index (κ3) is 2.74. The average Bonchev–Trinajstić information content (AvgIpc) is 3.08. The SMILES string of the molecule is Cc1ccccc1-n1c(I)c2c([n+]1C)-c1ccccc1-c1ccccc1-c1ccccc1-2. The first kappa shape index (κ1) is 19.5. The summed E-state index contributed by atoms with van der Waals surface area (Å²) < 4.78 is 5.89. The predicted molar refractivity (Wildman–Crippen MR) is 140 cm³/mol. The van der Waals surface area contributed by atoms with Crippen LogP contribution in [0.15, 0.2) is 97.1 Å². The van der Waals surface area contributed by atoms with Gasteiger partial charge in [-0.05, 0) is 75.0 Å². The van der Waals surface area contributed by atoms with Crippen LogP contribution in [0.25, 0.3) is 50.3 Å². The Kier molecular flexibility index (Phi) is 4.54. The molecule has 0 aliphatic heterocycles. The summed E-state index contributed by atoms with van der Waals surface area (Å²) in [5.41, 5.74) is 12.6. The smallest absolute Gasteiger partial charge is 0.114 e. The summed E-state index contributed by atoms with van der Waals surface area (Å²) in [6.45, 7) is 2.18. The molecular formula is C29H22IN2+. The lowest BCUT2D eigenvalue weighted by atomic mass is 9.83. The molecule has 0 amide bonds. The second-order valence-corrected chi connectivity index (χ2v) is 9.29. The molecule has 0 bridgehead atoms. The van der Waals surface area contributed by atoms with Crippen LogP contribution in [0.1, 0.15) is 5.56 Å². The lowest BCUT2D eigenvalue weighted by Gasteiger charge is -2.18. The van der Waals surface area contributed by atoms with E-state index in [9.17, 15) is 0 Å². The van der Waals surface area contributed by atoms with E-state index in [-0.39, 0.29) is 0 Å². The van der Waals surface area contributed by atoms with E-state index in [1.165, 1.54) is 59.6 Å². The zero-order valence-electron chi connectivity index (χ0n) is 18.0. The standard InChI is InChI=1S/C29H22IN2/c1-19-11-3-10-18-26(19)32-29(30)27-24-16-8-6-14-22(24)20-12-4-5-13-21(20)23-15-7-9-17-25(23)28(27)31(32)2/h3-18H,1-2H3/q+1. The molecule has 0 spiro atoms. The summed E-state index contributed by atoms with van der Waals surface area (Å²) in [4.78, 5) is 0. The minimum absolute atomic E-state index is 1.21. The second kappa shape index (κ2) is 7.45. The Bertz CT molecular complexity index is 1420. The maximum absolute atomic E-state index is 2.53. The Hall–Kier alpha value is -3.18. The van der Waals surface area contributed by atoms with Crippen molar-refractivity contribution < 1.29 is 4.68 Å². The van der Waals surface area contributed by atoms with Crippen LogP contribution in [0, 0.1) is 10.6 Å². The molecule has 0 fully saturated rings. The van der Waals surface area contributed by atoms with Crippen molar-refractivity contribution in [2.24, 2.45) is 7.05 Å². The van der Waals surface area contributed by atoms with Crippen molar-refractivity contribution in [1.29, 1.82) is 0 Å². The van der Waals surface area contributed by atoms with Gasteiger partial charge in [-0.2, -0.15) is 0 Å². The van der Waals surface area contributed by atoms with E-state index in [2.05, 4.69) is 143 Å². The van der Waals surface area contributed by atoms with Crippen LogP contribution in [0.3, 0.4) is 0 Å². The van der Waals surface area contributed by atoms with Gasteiger partial charge in [0.1, 0.15) is 5.69 Å². The Morgan fingerprint density at radius 3 is 1.62 bits per heavy atom. The molecule has 3 heteroatoms. The van der Waals surface area contributed by atoms with Crippen molar-refractivity contribution in [1.82, 2.24) is 4.68 Å². The van der Waals surface area contributed by atoms with Crippen LogP contribution in [0.2, 0.25) is 0 Å². The molecule has 0 radical (unpaired) electrons. The summed E-state index contributed by atoms with van der Waals surface area (Å²) >= 11 is 2.53. The fraction of sp³-hybridized carbons (Fsp3) is 0.0690. The zero-order valence-corrected chi connectivity index (χ0v) is 20.2. The molecule has 1 heterocycles. The first-order valence-electron chi connectivity index (χ1n) is 10.8. The molecule has 0 atom stereocenters. The molecule has 1 aliphatic carbocycles. The highest BCUT2D eigenvalue weighted by molar-refractivity contribution is 14.1. The van der Waals surface area contributed by atoms with E-state index < -0.39 is 0 Å². The van der Waals surface area contributed by atoms with Gasteiger partial charge >= 0.3 is 0 Å². The van der Waals surface area contributed by atoms with Crippen molar-refractivity contribution in [3.8, 4) is 50.3 Å². The van der Waals surface area contributed by atoms with Crippen molar-refractivity contribution in [2.75, 3.05) is 0 Å². The van der Waals surface area contributed by atoms with E-state index in [0.717, 1.165) is 0 Å². The predicted octanol–water partition coefficient (Wildman–Crippen LogP) is 7.20. The summed E-state index contributed by atoms with van der Waals surface area (Å²) in [5.74, 6) is 0. The molecule has 4 aromatic carbocycles. The monoisotopic (exact) mass is 525 g/mol. The topological polar surface area (TPSA) is 8.81 Å². The molecule has 0 saturated heterocycles. The largest absolute Gasteiger partial charge is 0.248 e. The van der Waals surface area contributed by atoms with Gasteiger partial charge in [0.15, 0.2) is 10.7 Å². The second-order valence-electron chi connectivity index (χ2n) is 8.27. The van der Waals surface area contributed by atoms with Crippen molar-refractivity contribution in [2.45, 2.75) is 6.92 Å². The van der Waals surface area contributed by atoms with Crippen LogP contribution >= 0.6 is 22.6 Å². The molecule has 154 valence electrons. The molecule has 0 unspecified atom stereocenters. The van der Waals surface area contributed by atoms with E-state index in [4.69, 9.17) is 0 Å². The molecule has 6 rings (SSSR count). The highest BCUT2D eigenvalue weighted by atomic mass is 127. The molecular weight excluding hydrogens is 503 g/mol. The van der Waals surface area contributed by atoms with Crippen molar-refractivity contribution in [3.63, 3.8) is 0 Å². The van der Waals surface area contributed by atoms with Gasteiger partial charge < -0.3 is 0 Å². The normalized spacial score (nSPS) is 11.6. The molecule has 0 N–H and O–H groups in total. The van der Waals surface area contributed by atoms with Gasteiger partial charge in [-0.3, -0.25) is 0 Å². The molecule has 2 nitrogen and oxygen atoms in total. The van der Waals surface area contributed by atoms with Gasteiger partial charge in [-0.25, -0.2) is 0 Å². The van der Waals surface area contributed by atoms with Crippen LogP contribution in [-0.4, -0.2) is 4.68 Å². The minimum atomic E-state index is 1.21. The third-order valence-corrected chi connectivity index (χ3v) is 7.48. The first-order chi connectivity index (χ1) is 15.7. The maximum atomic E-state index is 2.53. The van der Waals surface area contributed by atoms with Crippen molar-refractivity contribution in [3.05, 3.63) is 106 Å². The summed E-state index contributed by atoms with van der Waals surface area (Å²) in [7, 11) is 2.18. The summed E-state index contributed by atoms with van der Waals surface area (Å²) in [6, 6.07) is 35.0. The van der Waals surface area contributed by atoms with Gasteiger partial charge in [0.25, 0.3) is 0 Å². The highest BCUT2D eigenvalue weighted by Crippen LogP contribution is 2.48. The number of halogens is 1. The third-order valence-electron chi connectivity index (χ3n) is 6.48. The lowest BCUT2D eigenvalue weighted by molar-refractivity contribution is -0.735. The Morgan fingerprint density at radius 1 is 0.594 bits per heavy atom. The molecule has 1 aromatic heterocycles. The lowest BCUT2D eigenvalue weighted by Crippen LogP contribution is -2.40. The Balaban J connectivity index is 1.82. The van der Waals surface area contributed by atoms with E-state index in [1.54, 1.807) is 0 Å².